The summed E-state index contributed by atoms with van der Waals surface area (Å²) in [5, 5.41) is 13.1. The molecule has 3 aromatic heterocycles. The Labute approximate surface area is 160 Å². The second-order valence-electron chi connectivity index (χ2n) is 6.26. The normalized spacial score (nSPS) is 11.1. The summed E-state index contributed by atoms with van der Waals surface area (Å²) in [5.41, 5.74) is 5.71. The molecular weight excluding hydrogens is 358 g/mol. The van der Waals surface area contributed by atoms with Crippen molar-refractivity contribution in [2.24, 2.45) is 0 Å². The average Bonchev–Trinajstić information content (AvgIpc) is 3.16. The van der Waals surface area contributed by atoms with E-state index in [-0.39, 0.29) is 0 Å². The molecule has 0 atom stereocenters. The molecular formula is C21H14ClN5. The van der Waals surface area contributed by atoms with Gasteiger partial charge in [0.2, 0.25) is 0 Å². The molecule has 2 N–H and O–H groups in total. The summed E-state index contributed by atoms with van der Waals surface area (Å²) in [7, 11) is 0. The lowest BCUT2D eigenvalue weighted by molar-refractivity contribution is 1.10. The first-order valence-corrected chi connectivity index (χ1v) is 8.85. The van der Waals surface area contributed by atoms with Crippen molar-refractivity contribution in [1.29, 1.82) is 0 Å². The Bertz CT molecular complexity index is 1280. The van der Waals surface area contributed by atoms with Gasteiger partial charge in [0.05, 0.1) is 11.7 Å². The molecule has 0 aliphatic carbocycles. The Hall–Kier alpha value is -3.44. The van der Waals surface area contributed by atoms with Crippen molar-refractivity contribution in [1.82, 2.24) is 20.2 Å². The number of H-pyrrole nitrogens is 1. The van der Waals surface area contributed by atoms with Crippen LogP contribution in [-0.4, -0.2) is 20.2 Å². The van der Waals surface area contributed by atoms with Crippen molar-refractivity contribution in [3.63, 3.8) is 0 Å². The van der Waals surface area contributed by atoms with E-state index in [1.54, 1.807) is 12.4 Å². The minimum absolute atomic E-state index is 0.693. The monoisotopic (exact) mass is 371 g/mol. The summed E-state index contributed by atoms with van der Waals surface area (Å²) in [6, 6.07) is 17.9. The zero-order chi connectivity index (χ0) is 18.2. The zero-order valence-electron chi connectivity index (χ0n) is 14.1. The van der Waals surface area contributed by atoms with Crippen LogP contribution in [0.2, 0.25) is 5.02 Å². The smallest absolute Gasteiger partial charge is 0.155 e. The highest BCUT2D eigenvalue weighted by Gasteiger charge is 2.07. The molecule has 130 valence electrons. The van der Waals surface area contributed by atoms with Crippen molar-refractivity contribution in [2.75, 3.05) is 5.32 Å². The van der Waals surface area contributed by atoms with Gasteiger partial charge in [-0.25, -0.2) is 4.98 Å². The van der Waals surface area contributed by atoms with E-state index in [1.807, 2.05) is 42.6 Å². The maximum atomic E-state index is 6.11. The molecule has 27 heavy (non-hydrogen) atoms. The Kier molecular flexibility index (Phi) is 3.73. The van der Waals surface area contributed by atoms with Gasteiger partial charge in [-0.05, 0) is 48.0 Å². The molecule has 6 heteroatoms. The second-order valence-corrected chi connectivity index (χ2v) is 6.69. The van der Waals surface area contributed by atoms with Crippen molar-refractivity contribution in [3.05, 3.63) is 78.2 Å². The summed E-state index contributed by atoms with van der Waals surface area (Å²) < 4.78 is 0. The van der Waals surface area contributed by atoms with Crippen LogP contribution < -0.4 is 5.32 Å². The third kappa shape index (κ3) is 2.98. The fourth-order valence-electron chi connectivity index (χ4n) is 3.15. The quantitative estimate of drug-likeness (QED) is 0.435. The Morgan fingerprint density at radius 2 is 1.85 bits per heavy atom. The number of hydrogen-bond acceptors (Lipinski definition) is 4. The Balaban J connectivity index is 1.61. The first kappa shape index (κ1) is 15.8. The van der Waals surface area contributed by atoms with Gasteiger partial charge in [-0.2, -0.15) is 5.10 Å². The molecule has 0 unspecified atom stereocenters. The molecule has 5 nitrogen and oxygen atoms in total. The van der Waals surface area contributed by atoms with Gasteiger partial charge in [0, 0.05) is 45.1 Å². The van der Waals surface area contributed by atoms with E-state index in [9.17, 15) is 0 Å². The number of rotatable bonds is 3. The number of pyridine rings is 2. The van der Waals surface area contributed by atoms with E-state index in [4.69, 9.17) is 11.6 Å². The molecule has 0 aliphatic heterocycles. The first-order chi connectivity index (χ1) is 13.3. The molecule has 0 amide bonds. The maximum absolute atomic E-state index is 6.11. The predicted octanol–water partition coefficient (Wildman–Crippen LogP) is 5.57. The average molecular weight is 372 g/mol. The largest absolute Gasteiger partial charge is 0.355 e. The Morgan fingerprint density at radius 1 is 0.889 bits per heavy atom. The van der Waals surface area contributed by atoms with E-state index >= 15 is 0 Å². The van der Waals surface area contributed by atoms with Crippen LogP contribution in [0.15, 0.2) is 73.2 Å². The van der Waals surface area contributed by atoms with Crippen LogP contribution >= 0.6 is 11.6 Å². The minimum Gasteiger partial charge on any atom is -0.355 e. The third-order valence-electron chi connectivity index (χ3n) is 4.47. The van der Waals surface area contributed by atoms with Crippen LogP contribution in [-0.2, 0) is 0 Å². The molecule has 5 aromatic rings. The van der Waals surface area contributed by atoms with E-state index in [1.165, 1.54) is 0 Å². The van der Waals surface area contributed by atoms with Crippen molar-refractivity contribution < 1.29 is 0 Å². The third-order valence-corrected chi connectivity index (χ3v) is 4.70. The predicted molar refractivity (Wildman–Crippen MR) is 109 cm³/mol. The number of nitrogens with zero attached hydrogens (tertiary/aromatic N) is 3. The molecule has 0 fully saturated rings. The molecule has 0 spiro atoms. The molecule has 5 rings (SSSR count). The number of halogens is 1. The fourth-order valence-corrected chi connectivity index (χ4v) is 3.34. The van der Waals surface area contributed by atoms with E-state index < -0.39 is 0 Å². The number of fused-ring (bicyclic) bond motifs is 2. The molecule has 0 bridgehead atoms. The van der Waals surface area contributed by atoms with Gasteiger partial charge in [-0.1, -0.05) is 23.7 Å². The lowest BCUT2D eigenvalue weighted by Crippen LogP contribution is -1.93. The molecule has 0 saturated heterocycles. The van der Waals surface area contributed by atoms with E-state index in [2.05, 4.69) is 43.7 Å². The first-order valence-electron chi connectivity index (χ1n) is 8.47. The minimum atomic E-state index is 0.693. The summed E-state index contributed by atoms with van der Waals surface area (Å²) >= 11 is 6.11. The van der Waals surface area contributed by atoms with E-state index in [0.29, 0.717) is 5.02 Å². The van der Waals surface area contributed by atoms with Crippen molar-refractivity contribution in [2.45, 2.75) is 0 Å². The van der Waals surface area contributed by atoms with E-state index in [0.717, 1.165) is 44.4 Å². The van der Waals surface area contributed by atoms with Gasteiger partial charge in [0.15, 0.2) is 5.65 Å². The molecule has 0 radical (unpaired) electrons. The summed E-state index contributed by atoms with van der Waals surface area (Å²) in [6.07, 6.45) is 5.43. The number of hydrogen-bond donors (Lipinski definition) is 2. The van der Waals surface area contributed by atoms with Gasteiger partial charge >= 0.3 is 0 Å². The Morgan fingerprint density at radius 3 is 2.78 bits per heavy atom. The van der Waals surface area contributed by atoms with Gasteiger partial charge in [0.25, 0.3) is 0 Å². The van der Waals surface area contributed by atoms with Crippen molar-refractivity contribution in [3.8, 4) is 11.1 Å². The summed E-state index contributed by atoms with van der Waals surface area (Å²) in [6.45, 7) is 0. The standard InChI is InChI=1S/C21H14ClN5/c22-16-2-1-3-17(10-16)26-20-6-7-23-19-5-4-13(9-18(19)20)14-8-15-12-25-27-21(15)24-11-14/h1-12H,(H,23,26)(H,24,25,27). The van der Waals surface area contributed by atoms with Crippen LogP contribution in [0.4, 0.5) is 11.4 Å². The summed E-state index contributed by atoms with van der Waals surface area (Å²) in [5.74, 6) is 0. The molecule has 0 saturated carbocycles. The van der Waals surface area contributed by atoms with Crippen LogP contribution in [0.1, 0.15) is 0 Å². The maximum Gasteiger partial charge on any atom is 0.155 e. The van der Waals surface area contributed by atoms with Crippen LogP contribution in [0.25, 0.3) is 33.1 Å². The van der Waals surface area contributed by atoms with Crippen LogP contribution in [0.3, 0.4) is 0 Å². The lowest BCUT2D eigenvalue weighted by atomic mass is 10.0. The van der Waals surface area contributed by atoms with Gasteiger partial charge < -0.3 is 5.32 Å². The number of anilines is 2. The molecule has 3 heterocycles. The fraction of sp³-hybridized carbons (Fsp3) is 0. The number of aromatic nitrogens is 4. The highest BCUT2D eigenvalue weighted by molar-refractivity contribution is 6.30. The zero-order valence-corrected chi connectivity index (χ0v) is 14.9. The number of nitrogens with one attached hydrogen (secondary N) is 2. The summed E-state index contributed by atoms with van der Waals surface area (Å²) in [4.78, 5) is 8.91. The van der Waals surface area contributed by atoms with Crippen molar-refractivity contribution >= 4 is 44.9 Å². The topological polar surface area (TPSA) is 66.5 Å². The van der Waals surface area contributed by atoms with Gasteiger partial charge in [-0.15, -0.1) is 0 Å². The highest BCUT2D eigenvalue weighted by Crippen LogP contribution is 2.31. The van der Waals surface area contributed by atoms with Gasteiger partial charge in [0.1, 0.15) is 0 Å². The van der Waals surface area contributed by atoms with Crippen LogP contribution in [0.5, 0.6) is 0 Å². The SMILES string of the molecule is Clc1cccc(Nc2ccnc3ccc(-c4cnc5[nH]ncc5c4)cc23)c1. The second kappa shape index (κ2) is 6.37. The lowest BCUT2D eigenvalue weighted by Gasteiger charge is -2.11. The van der Waals surface area contributed by atoms with Gasteiger partial charge in [-0.3, -0.25) is 10.1 Å². The molecule has 2 aromatic carbocycles. The number of aromatic amines is 1. The highest BCUT2D eigenvalue weighted by atomic mass is 35.5. The van der Waals surface area contributed by atoms with Crippen LogP contribution in [0, 0.1) is 0 Å². The number of benzene rings is 2. The molecule has 0 aliphatic rings.